The first kappa shape index (κ1) is 23.2. The van der Waals surface area contributed by atoms with E-state index in [0.717, 1.165) is 24.1 Å². The van der Waals surface area contributed by atoms with Crippen LogP contribution in [0, 0.1) is 5.92 Å². The van der Waals surface area contributed by atoms with Crippen LogP contribution < -0.4 is 5.32 Å². The lowest BCUT2D eigenvalue weighted by atomic mass is 10.1. The molecule has 1 saturated carbocycles. The standard InChI is InChI=1S/C18H21N5O2.C2HF3O2/c24-17(6-13-3-4-13)22-10-15-9-20-12-23(15)16(11-22)18(25)21-8-14-2-1-5-19-7-14;3-2(4,5)1(6)7/h1-2,5,7,9,12-13,16H,3-4,6,8,10-11H2,(H,21,25);(H,6,7). The van der Waals surface area contributed by atoms with Crippen LogP contribution in [0.2, 0.25) is 0 Å². The number of carboxylic acid groups (broad SMARTS) is 1. The number of amides is 2. The van der Waals surface area contributed by atoms with Crippen molar-refractivity contribution < 1.29 is 32.7 Å². The minimum absolute atomic E-state index is 0.105. The molecule has 0 spiro atoms. The van der Waals surface area contributed by atoms with Gasteiger partial charge in [0.2, 0.25) is 11.8 Å². The van der Waals surface area contributed by atoms with Crippen molar-refractivity contribution in [2.45, 2.75) is 44.6 Å². The first-order chi connectivity index (χ1) is 15.1. The van der Waals surface area contributed by atoms with E-state index in [1.165, 1.54) is 0 Å². The number of halogens is 3. The first-order valence-corrected chi connectivity index (χ1v) is 9.90. The second-order valence-corrected chi connectivity index (χ2v) is 7.61. The van der Waals surface area contributed by atoms with Crippen LogP contribution in [-0.4, -0.2) is 55.0 Å². The maximum absolute atomic E-state index is 12.7. The predicted octanol–water partition coefficient (Wildman–Crippen LogP) is 1.91. The summed E-state index contributed by atoms with van der Waals surface area (Å²) in [6.45, 7) is 1.34. The number of nitrogens with one attached hydrogen (secondary N) is 1. The van der Waals surface area contributed by atoms with Crippen LogP contribution in [0.5, 0.6) is 0 Å². The number of aromatic nitrogens is 3. The molecule has 2 N–H and O–H groups in total. The van der Waals surface area contributed by atoms with Gasteiger partial charge in [-0.05, 0) is 30.4 Å². The summed E-state index contributed by atoms with van der Waals surface area (Å²) >= 11 is 0. The first-order valence-electron chi connectivity index (χ1n) is 9.90. The highest BCUT2D eigenvalue weighted by atomic mass is 19.4. The Hall–Kier alpha value is -3.44. The normalized spacial score (nSPS) is 17.6. The van der Waals surface area contributed by atoms with Gasteiger partial charge < -0.3 is 19.9 Å². The summed E-state index contributed by atoms with van der Waals surface area (Å²) < 4.78 is 33.6. The number of alkyl halides is 3. The van der Waals surface area contributed by atoms with Gasteiger partial charge in [-0.2, -0.15) is 13.2 Å². The van der Waals surface area contributed by atoms with Crippen LogP contribution in [0.25, 0.3) is 0 Å². The van der Waals surface area contributed by atoms with E-state index in [-0.39, 0.29) is 11.8 Å². The molecule has 1 unspecified atom stereocenters. The molecule has 2 aromatic heterocycles. The maximum Gasteiger partial charge on any atom is 0.490 e. The van der Waals surface area contributed by atoms with E-state index < -0.39 is 18.2 Å². The number of pyridine rings is 1. The molecule has 3 heterocycles. The maximum atomic E-state index is 12.7. The summed E-state index contributed by atoms with van der Waals surface area (Å²) in [5, 5.41) is 10.1. The topological polar surface area (TPSA) is 117 Å². The van der Waals surface area contributed by atoms with E-state index in [9.17, 15) is 22.8 Å². The van der Waals surface area contributed by atoms with Gasteiger partial charge in [0.1, 0.15) is 6.04 Å². The molecule has 0 bridgehead atoms. The molecule has 1 aliphatic carbocycles. The summed E-state index contributed by atoms with van der Waals surface area (Å²) in [5.74, 6) is -2.18. The number of aliphatic carboxylic acids is 1. The van der Waals surface area contributed by atoms with E-state index in [2.05, 4.69) is 15.3 Å². The predicted molar refractivity (Wildman–Crippen MR) is 104 cm³/mol. The quantitative estimate of drug-likeness (QED) is 0.714. The molecule has 12 heteroatoms. The largest absolute Gasteiger partial charge is 0.490 e. The van der Waals surface area contributed by atoms with Crippen molar-refractivity contribution in [3.05, 3.63) is 48.3 Å². The summed E-state index contributed by atoms with van der Waals surface area (Å²) in [7, 11) is 0. The highest BCUT2D eigenvalue weighted by Crippen LogP contribution is 2.33. The fourth-order valence-corrected chi connectivity index (χ4v) is 3.20. The van der Waals surface area contributed by atoms with Gasteiger partial charge in [0.15, 0.2) is 0 Å². The summed E-state index contributed by atoms with van der Waals surface area (Å²) in [5.41, 5.74) is 1.84. The Morgan fingerprint density at radius 2 is 1.91 bits per heavy atom. The van der Waals surface area contributed by atoms with Crippen molar-refractivity contribution in [2.24, 2.45) is 5.92 Å². The molecule has 1 fully saturated rings. The lowest BCUT2D eigenvalue weighted by Gasteiger charge is -2.33. The average molecular weight is 453 g/mol. The SMILES string of the molecule is O=C(NCc1cccnc1)C1CN(C(=O)CC2CC2)Cc2cncn21.O=C(O)C(F)(F)F. The molecule has 172 valence electrons. The summed E-state index contributed by atoms with van der Waals surface area (Å²) in [6, 6.07) is 3.32. The highest BCUT2D eigenvalue weighted by Gasteiger charge is 2.38. The number of fused-ring (bicyclic) bond motifs is 1. The van der Waals surface area contributed by atoms with Gasteiger partial charge in [-0.25, -0.2) is 9.78 Å². The number of carbonyl (C=O) groups excluding carboxylic acids is 2. The van der Waals surface area contributed by atoms with Crippen LogP contribution in [0.1, 0.15) is 36.6 Å². The Bertz CT molecular complexity index is 960. The number of carbonyl (C=O) groups is 3. The van der Waals surface area contributed by atoms with Gasteiger partial charge in [-0.3, -0.25) is 14.6 Å². The molecule has 2 amide bonds. The van der Waals surface area contributed by atoms with Crippen LogP contribution >= 0.6 is 0 Å². The van der Waals surface area contributed by atoms with E-state index in [1.807, 2.05) is 16.7 Å². The lowest BCUT2D eigenvalue weighted by molar-refractivity contribution is -0.192. The fourth-order valence-electron chi connectivity index (χ4n) is 3.20. The van der Waals surface area contributed by atoms with Crippen molar-refractivity contribution in [3.8, 4) is 0 Å². The van der Waals surface area contributed by atoms with Crippen LogP contribution in [0.3, 0.4) is 0 Å². The van der Waals surface area contributed by atoms with Gasteiger partial charge in [0.05, 0.1) is 25.1 Å². The van der Waals surface area contributed by atoms with E-state index in [1.54, 1.807) is 29.8 Å². The van der Waals surface area contributed by atoms with Gasteiger partial charge in [-0.15, -0.1) is 0 Å². The number of hydrogen-bond acceptors (Lipinski definition) is 5. The zero-order valence-corrected chi connectivity index (χ0v) is 17.0. The molecular weight excluding hydrogens is 431 g/mol. The Morgan fingerprint density at radius 1 is 1.19 bits per heavy atom. The van der Waals surface area contributed by atoms with Crippen molar-refractivity contribution in [1.82, 2.24) is 24.8 Å². The second-order valence-electron chi connectivity index (χ2n) is 7.61. The third-order valence-electron chi connectivity index (χ3n) is 5.08. The lowest BCUT2D eigenvalue weighted by Crippen LogP contribution is -2.46. The zero-order chi connectivity index (χ0) is 23.3. The molecule has 0 radical (unpaired) electrons. The van der Waals surface area contributed by atoms with Gasteiger partial charge in [0.25, 0.3) is 0 Å². The number of nitrogens with zero attached hydrogens (tertiary/aromatic N) is 4. The molecule has 0 saturated heterocycles. The van der Waals surface area contributed by atoms with Crippen molar-refractivity contribution in [2.75, 3.05) is 6.54 Å². The molecule has 9 nitrogen and oxygen atoms in total. The number of rotatable bonds is 5. The monoisotopic (exact) mass is 453 g/mol. The third kappa shape index (κ3) is 6.28. The van der Waals surface area contributed by atoms with Gasteiger partial charge >= 0.3 is 12.1 Å². The second kappa shape index (κ2) is 9.79. The molecule has 2 aromatic rings. The van der Waals surface area contributed by atoms with Crippen molar-refractivity contribution >= 4 is 17.8 Å². The fraction of sp³-hybridized carbons (Fsp3) is 0.450. The van der Waals surface area contributed by atoms with E-state index >= 15 is 0 Å². The summed E-state index contributed by atoms with van der Waals surface area (Å²) in [6.07, 6.45) is 4.64. The van der Waals surface area contributed by atoms with Crippen LogP contribution in [-0.2, 0) is 27.5 Å². The molecule has 1 atom stereocenters. The van der Waals surface area contributed by atoms with E-state index in [0.29, 0.717) is 32.0 Å². The molecule has 0 aromatic carbocycles. The van der Waals surface area contributed by atoms with Crippen LogP contribution in [0.4, 0.5) is 13.2 Å². The molecule has 1 aliphatic heterocycles. The third-order valence-corrected chi connectivity index (χ3v) is 5.08. The van der Waals surface area contributed by atoms with E-state index in [4.69, 9.17) is 9.90 Å². The number of hydrogen-bond donors (Lipinski definition) is 2. The number of imidazole rings is 1. The minimum Gasteiger partial charge on any atom is -0.475 e. The Balaban J connectivity index is 0.000000360. The average Bonchev–Trinajstić information content (AvgIpc) is 3.44. The zero-order valence-electron chi connectivity index (χ0n) is 17.0. The molecular formula is C20H22F3N5O4. The van der Waals surface area contributed by atoms with Crippen molar-refractivity contribution in [3.63, 3.8) is 0 Å². The van der Waals surface area contributed by atoms with Crippen LogP contribution in [0.15, 0.2) is 37.1 Å². The summed E-state index contributed by atoms with van der Waals surface area (Å²) in [4.78, 5) is 44.1. The highest BCUT2D eigenvalue weighted by molar-refractivity contribution is 5.83. The Labute approximate surface area is 181 Å². The Kier molecular flexibility index (Phi) is 7.11. The molecule has 2 aliphatic rings. The minimum atomic E-state index is -5.08. The number of carboxylic acids is 1. The smallest absolute Gasteiger partial charge is 0.475 e. The van der Waals surface area contributed by atoms with Crippen molar-refractivity contribution in [1.29, 1.82) is 0 Å². The molecule has 32 heavy (non-hydrogen) atoms. The van der Waals surface area contributed by atoms with Gasteiger partial charge in [-0.1, -0.05) is 6.07 Å². The molecule has 4 rings (SSSR count). The van der Waals surface area contributed by atoms with Gasteiger partial charge in [0, 0.05) is 31.6 Å². The Morgan fingerprint density at radius 3 is 2.50 bits per heavy atom.